The lowest BCUT2D eigenvalue weighted by Crippen LogP contribution is -2.30. The Morgan fingerprint density at radius 3 is 2.61 bits per heavy atom. The fraction of sp³-hybridized carbons (Fsp3) is 0.400. The van der Waals surface area contributed by atoms with Crippen LogP contribution in [0, 0.1) is 0 Å². The molecule has 1 rings (SSSR count). The Morgan fingerprint density at radius 1 is 1.44 bits per heavy atom. The van der Waals surface area contributed by atoms with Crippen LogP contribution >= 0.6 is 11.3 Å². The molecule has 0 aliphatic rings. The van der Waals surface area contributed by atoms with Crippen LogP contribution in [0.5, 0.6) is 0 Å². The standard InChI is InChI=1S/C10H13N3O4S/c1-13(2)7(14)3-4-11-8(15)9-12-6(5-18-9)10(16)17/h5H,3-4H2,1-2H3,(H,11,15)(H,16,17). The Balaban J connectivity index is 2.45. The smallest absolute Gasteiger partial charge is 0.355 e. The van der Waals surface area contributed by atoms with Crippen molar-refractivity contribution in [1.29, 1.82) is 0 Å². The molecule has 0 atom stereocenters. The number of aromatic nitrogens is 1. The SMILES string of the molecule is CN(C)C(=O)CCNC(=O)c1nc(C(=O)O)cs1. The lowest BCUT2D eigenvalue weighted by molar-refractivity contribution is -0.128. The molecule has 0 unspecified atom stereocenters. The highest BCUT2D eigenvalue weighted by Crippen LogP contribution is 2.09. The molecule has 8 heteroatoms. The second-order valence-electron chi connectivity index (χ2n) is 3.64. The number of carbonyl (C=O) groups excluding carboxylic acids is 2. The molecule has 2 amide bonds. The van der Waals surface area contributed by atoms with Gasteiger partial charge in [-0.3, -0.25) is 9.59 Å². The van der Waals surface area contributed by atoms with E-state index in [1.54, 1.807) is 14.1 Å². The van der Waals surface area contributed by atoms with Crippen molar-refractivity contribution in [1.82, 2.24) is 15.2 Å². The average molecular weight is 271 g/mol. The van der Waals surface area contributed by atoms with Gasteiger partial charge in [-0.2, -0.15) is 0 Å². The summed E-state index contributed by atoms with van der Waals surface area (Å²) in [5, 5.41) is 12.5. The van der Waals surface area contributed by atoms with Gasteiger partial charge in [0.05, 0.1) is 0 Å². The molecule has 7 nitrogen and oxygen atoms in total. The van der Waals surface area contributed by atoms with Crippen LogP contribution in [-0.4, -0.2) is 53.4 Å². The van der Waals surface area contributed by atoms with Crippen LogP contribution in [0.3, 0.4) is 0 Å². The molecule has 98 valence electrons. The Kier molecular flexibility index (Phi) is 4.78. The highest BCUT2D eigenvalue weighted by atomic mass is 32.1. The number of nitrogens with zero attached hydrogens (tertiary/aromatic N) is 2. The Labute approximate surface area is 107 Å². The number of carbonyl (C=O) groups is 3. The van der Waals surface area contributed by atoms with Gasteiger partial charge in [0.2, 0.25) is 5.91 Å². The largest absolute Gasteiger partial charge is 0.476 e. The first-order valence-corrected chi connectivity index (χ1v) is 5.97. The minimum absolute atomic E-state index is 0.0738. The van der Waals surface area contributed by atoms with Gasteiger partial charge in [0.25, 0.3) is 5.91 Å². The van der Waals surface area contributed by atoms with Crippen molar-refractivity contribution >= 4 is 29.1 Å². The number of aromatic carboxylic acids is 1. The first kappa shape index (κ1) is 14.1. The van der Waals surface area contributed by atoms with Gasteiger partial charge in [0.1, 0.15) is 0 Å². The second kappa shape index (κ2) is 6.10. The van der Waals surface area contributed by atoms with E-state index in [9.17, 15) is 14.4 Å². The van der Waals surface area contributed by atoms with Gasteiger partial charge >= 0.3 is 5.97 Å². The zero-order valence-corrected chi connectivity index (χ0v) is 10.8. The first-order chi connectivity index (χ1) is 8.41. The highest BCUT2D eigenvalue weighted by molar-refractivity contribution is 7.11. The molecule has 1 aromatic rings. The highest BCUT2D eigenvalue weighted by Gasteiger charge is 2.14. The number of nitrogens with one attached hydrogen (secondary N) is 1. The van der Waals surface area contributed by atoms with Crippen LogP contribution in [0.4, 0.5) is 0 Å². The van der Waals surface area contributed by atoms with E-state index in [2.05, 4.69) is 10.3 Å². The van der Waals surface area contributed by atoms with E-state index in [0.717, 1.165) is 11.3 Å². The maximum atomic E-state index is 11.6. The van der Waals surface area contributed by atoms with Gasteiger partial charge < -0.3 is 15.3 Å². The Bertz CT molecular complexity index is 469. The number of carboxylic acid groups (broad SMARTS) is 1. The van der Waals surface area contributed by atoms with Crippen molar-refractivity contribution in [2.75, 3.05) is 20.6 Å². The minimum Gasteiger partial charge on any atom is -0.476 e. The molecular weight excluding hydrogens is 258 g/mol. The molecule has 1 aromatic heterocycles. The Morgan fingerprint density at radius 2 is 2.11 bits per heavy atom. The normalized spacial score (nSPS) is 9.89. The van der Waals surface area contributed by atoms with Gasteiger partial charge in [-0.25, -0.2) is 9.78 Å². The van der Waals surface area contributed by atoms with E-state index >= 15 is 0 Å². The summed E-state index contributed by atoms with van der Waals surface area (Å²) < 4.78 is 0. The zero-order valence-electron chi connectivity index (χ0n) is 9.97. The van der Waals surface area contributed by atoms with E-state index in [1.807, 2.05) is 0 Å². The third-order valence-electron chi connectivity index (χ3n) is 2.04. The van der Waals surface area contributed by atoms with E-state index in [0.29, 0.717) is 0 Å². The molecule has 0 aliphatic heterocycles. The lowest BCUT2D eigenvalue weighted by Gasteiger charge is -2.09. The molecule has 0 fully saturated rings. The molecule has 0 spiro atoms. The molecule has 2 N–H and O–H groups in total. The predicted molar refractivity (Wildman–Crippen MR) is 64.7 cm³/mol. The molecule has 0 saturated heterocycles. The van der Waals surface area contributed by atoms with Crippen molar-refractivity contribution in [2.24, 2.45) is 0 Å². The fourth-order valence-electron chi connectivity index (χ4n) is 1.06. The third-order valence-corrected chi connectivity index (χ3v) is 2.88. The van der Waals surface area contributed by atoms with Gasteiger partial charge in [0.15, 0.2) is 10.7 Å². The summed E-state index contributed by atoms with van der Waals surface area (Å²) in [7, 11) is 3.26. The molecule has 0 aliphatic carbocycles. The van der Waals surface area contributed by atoms with Crippen LogP contribution < -0.4 is 5.32 Å². The third kappa shape index (κ3) is 3.81. The van der Waals surface area contributed by atoms with Gasteiger partial charge in [-0.15, -0.1) is 11.3 Å². The zero-order chi connectivity index (χ0) is 13.7. The van der Waals surface area contributed by atoms with E-state index < -0.39 is 11.9 Å². The molecule has 0 saturated carbocycles. The maximum Gasteiger partial charge on any atom is 0.355 e. The summed E-state index contributed by atoms with van der Waals surface area (Å²) in [4.78, 5) is 38.4. The predicted octanol–water partition coefficient (Wildman–Crippen LogP) is 0.0494. The van der Waals surface area contributed by atoms with E-state index in [1.165, 1.54) is 10.3 Å². The average Bonchev–Trinajstić information content (AvgIpc) is 2.77. The quantitative estimate of drug-likeness (QED) is 0.788. The minimum atomic E-state index is -1.17. The molecule has 1 heterocycles. The number of thiazole rings is 1. The van der Waals surface area contributed by atoms with Crippen LogP contribution in [0.15, 0.2) is 5.38 Å². The van der Waals surface area contributed by atoms with Crippen molar-refractivity contribution in [3.8, 4) is 0 Å². The van der Waals surface area contributed by atoms with E-state index in [-0.39, 0.29) is 29.6 Å². The van der Waals surface area contributed by atoms with Crippen molar-refractivity contribution in [2.45, 2.75) is 6.42 Å². The van der Waals surface area contributed by atoms with Gasteiger partial charge in [0, 0.05) is 32.4 Å². The number of amides is 2. The number of carboxylic acids is 1. The summed E-state index contributed by atoms with van der Waals surface area (Å²) in [5.41, 5.74) is -0.158. The molecule has 0 bridgehead atoms. The topological polar surface area (TPSA) is 99.6 Å². The summed E-state index contributed by atoms with van der Waals surface area (Å²) in [6, 6.07) is 0. The van der Waals surface area contributed by atoms with Crippen LogP contribution in [0.2, 0.25) is 0 Å². The van der Waals surface area contributed by atoms with Crippen LogP contribution in [0.25, 0.3) is 0 Å². The van der Waals surface area contributed by atoms with Crippen molar-refractivity contribution in [3.63, 3.8) is 0 Å². The summed E-state index contributed by atoms with van der Waals surface area (Å²) >= 11 is 0.952. The van der Waals surface area contributed by atoms with Crippen molar-refractivity contribution in [3.05, 3.63) is 16.1 Å². The summed E-state index contributed by atoms with van der Waals surface area (Å²) in [5.74, 6) is -1.74. The maximum absolute atomic E-state index is 11.6. The van der Waals surface area contributed by atoms with Gasteiger partial charge in [-0.05, 0) is 0 Å². The van der Waals surface area contributed by atoms with Crippen molar-refractivity contribution < 1.29 is 19.5 Å². The molecule has 18 heavy (non-hydrogen) atoms. The lowest BCUT2D eigenvalue weighted by atomic mass is 10.4. The summed E-state index contributed by atoms with van der Waals surface area (Å²) in [6.45, 7) is 0.192. The molecule has 0 aromatic carbocycles. The molecular formula is C10H13N3O4S. The number of rotatable bonds is 5. The number of hydrogen-bond donors (Lipinski definition) is 2. The van der Waals surface area contributed by atoms with Gasteiger partial charge in [-0.1, -0.05) is 0 Å². The monoisotopic (exact) mass is 271 g/mol. The Hall–Kier alpha value is -1.96. The van der Waals surface area contributed by atoms with E-state index in [4.69, 9.17) is 5.11 Å². The van der Waals surface area contributed by atoms with Crippen LogP contribution in [-0.2, 0) is 4.79 Å². The second-order valence-corrected chi connectivity index (χ2v) is 4.50. The first-order valence-electron chi connectivity index (χ1n) is 5.09. The molecule has 0 radical (unpaired) electrons. The van der Waals surface area contributed by atoms with Crippen LogP contribution in [0.1, 0.15) is 26.7 Å². The summed E-state index contributed by atoms with van der Waals surface area (Å²) in [6.07, 6.45) is 0.190. The fourth-order valence-corrected chi connectivity index (χ4v) is 1.77. The number of hydrogen-bond acceptors (Lipinski definition) is 5.